The molecule has 1 fully saturated rings. The Morgan fingerprint density at radius 1 is 1.37 bits per heavy atom. The van der Waals surface area contributed by atoms with E-state index in [0.717, 1.165) is 0 Å². The van der Waals surface area contributed by atoms with E-state index in [2.05, 4.69) is 25.0 Å². The van der Waals surface area contributed by atoms with Crippen LogP contribution in [0.15, 0.2) is 0 Å². The van der Waals surface area contributed by atoms with Crippen molar-refractivity contribution in [2.24, 2.45) is 5.92 Å². The molecule has 0 bridgehead atoms. The van der Waals surface area contributed by atoms with E-state index in [0.29, 0.717) is 0 Å². The van der Waals surface area contributed by atoms with Crippen molar-refractivity contribution in [3.8, 4) is 0 Å². The van der Waals surface area contributed by atoms with Crippen molar-refractivity contribution in [2.75, 3.05) is 18.9 Å². The van der Waals surface area contributed by atoms with E-state index in [1.807, 2.05) is 0 Å². The summed E-state index contributed by atoms with van der Waals surface area (Å²) in [7, 11) is -4.97. The van der Waals surface area contributed by atoms with Crippen LogP contribution in [0.5, 0.6) is 0 Å². The summed E-state index contributed by atoms with van der Waals surface area (Å²) in [6.07, 6.45) is -2.61. The van der Waals surface area contributed by atoms with Crippen LogP contribution in [-0.4, -0.2) is 82.2 Å². The molecule has 16 heteroatoms. The highest BCUT2D eigenvalue weighted by Crippen LogP contribution is 2.44. The van der Waals surface area contributed by atoms with E-state index < -0.39 is 50.2 Å². The first-order valence-corrected chi connectivity index (χ1v) is 10.8. The standard InChI is InChI=1S/C14H20ClN6O8P/c1-2-28-12(24)13(30(25,26)27)29-4-5-3-6(9(23)8(5)22)21-11-7(19-20-21)10(16)17-14(15)18-11/h5-6,8-9,13,22-23H,2-4H2,1H3,(H2,16,17,18)(H2,25,26,27). The lowest BCUT2D eigenvalue weighted by atomic mass is 10.1. The molecule has 1 saturated carbocycles. The van der Waals surface area contributed by atoms with Crippen molar-refractivity contribution in [3.63, 3.8) is 0 Å². The number of anilines is 1. The number of fused-ring (bicyclic) bond motifs is 1. The van der Waals surface area contributed by atoms with Crippen LogP contribution in [-0.2, 0) is 18.8 Å². The predicted octanol–water partition coefficient (Wildman–Crippen LogP) is -1.18. The third kappa shape index (κ3) is 4.39. The van der Waals surface area contributed by atoms with Gasteiger partial charge in [-0.15, -0.1) is 5.10 Å². The molecule has 5 unspecified atom stereocenters. The number of carbonyl (C=O) groups excluding carboxylic acids is 1. The highest BCUT2D eigenvalue weighted by atomic mass is 35.5. The topological polar surface area (TPSA) is 216 Å². The summed E-state index contributed by atoms with van der Waals surface area (Å²) in [6, 6.07) is -0.819. The van der Waals surface area contributed by atoms with Gasteiger partial charge in [0.25, 0.3) is 5.85 Å². The Kier molecular flexibility index (Phi) is 6.57. The van der Waals surface area contributed by atoms with Gasteiger partial charge in [0, 0.05) is 5.92 Å². The van der Waals surface area contributed by atoms with Crippen molar-refractivity contribution in [1.29, 1.82) is 0 Å². The predicted molar refractivity (Wildman–Crippen MR) is 100 cm³/mol. The lowest BCUT2D eigenvalue weighted by molar-refractivity contribution is -0.153. The molecule has 5 atom stereocenters. The van der Waals surface area contributed by atoms with Gasteiger partial charge in [0.05, 0.1) is 25.4 Å². The van der Waals surface area contributed by atoms with Crippen molar-refractivity contribution < 1.29 is 38.8 Å². The minimum atomic E-state index is -4.97. The number of hydrogen-bond acceptors (Lipinski definition) is 11. The van der Waals surface area contributed by atoms with Gasteiger partial charge in [-0.3, -0.25) is 4.57 Å². The van der Waals surface area contributed by atoms with Crippen LogP contribution in [0.25, 0.3) is 11.2 Å². The number of nitrogens with two attached hydrogens (primary N) is 1. The second-order valence-corrected chi connectivity index (χ2v) is 8.64. The fourth-order valence-corrected chi connectivity index (χ4v) is 4.08. The molecule has 30 heavy (non-hydrogen) atoms. The summed E-state index contributed by atoms with van der Waals surface area (Å²) in [6.45, 7) is 0.938. The van der Waals surface area contributed by atoms with Crippen molar-refractivity contribution in [2.45, 2.75) is 37.4 Å². The number of carbonyl (C=O) groups is 1. The van der Waals surface area contributed by atoms with Gasteiger partial charge in [-0.25, -0.2) is 9.48 Å². The number of halogens is 1. The second-order valence-electron chi connectivity index (χ2n) is 6.66. The quantitative estimate of drug-likeness (QED) is 0.185. The highest BCUT2D eigenvalue weighted by molar-refractivity contribution is 7.53. The summed E-state index contributed by atoms with van der Waals surface area (Å²) in [5.41, 5.74) is 6.03. The normalized spacial score (nSPS) is 25.5. The molecule has 0 amide bonds. The maximum absolute atomic E-state index is 11.8. The summed E-state index contributed by atoms with van der Waals surface area (Å²) in [4.78, 5) is 38.3. The highest BCUT2D eigenvalue weighted by Gasteiger charge is 2.46. The fourth-order valence-electron chi connectivity index (χ4n) is 3.28. The Morgan fingerprint density at radius 2 is 2.07 bits per heavy atom. The molecule has 1 aliphatic rings. The van der Waals surface area contributed by atoms with Gasteiger partial charge in [0.15, 0.2) is 17.0 Å². The van der Waals surface area contributed by atoms with Gasteiger partial charge < -0.3 is 35.2 Å². The van der Waals surface area contributed by atoms with Gasteiger partial charge >= 0.3 is 13.6 Å². The number of rotatable bonds is 7. The lowest BCUT2D eigenvalue weighted by Gasteiger charge is -2.21. The molecule has 6 N–H and O–H groups in total. The van der Waals surface area contributed by atoms with E-state index in [-0.39, 0.29) is 35.3 Å². The largest absolute Gasteiger partial charge is 0.464 e. The van der Waals surface area contributed by atoms with Gasteiger partial charge in [0.2, 0.25) is 5.28 Å². The lowest BCUT2D eigenvalue weighted by Crippen LogP contribution is -2.33. The van der Waals surface area contributed by atoms with E-state index in [1.54, 1.807) is 0 Å². The Labute approximate surface area is 174 Å². The number of aliphatic hydroxyl groups excluding tert-OH is 2. The summed E-state index contributed by atoms with van der Waals surface area (Å²) in [5, 5.41) is 28.4. The second kappa shape index (κ2) is 8.67. The maximum atomic E-state index is 11.8. The zero-order valence-electron chi connectivity index (χ0n) is 15.6. The monoisotopic (exact) mass is 466 g/mol. The molecule has 2 heterocycles. The van der Waals surface area contributed by atoms with E-state index >= 15 is 0 Å². The fraction of sp³-hybridized carbons (Fsp3) is 0.643. The Bertz CT molecular complexity index is 985. The molecular formula is C14H20ClN6O8P. The molecule has 14 nitrogen and oxygen atoms in total. The molecule has 0 aliphatic heterocycles. The van der Waals surface area contributed by atoms with E-state index in [1.165, 1.54) is 11.6 Å². The van der Waals surface area contributed by atoms with Crippen LogP contribution in [0.3, 0.4) is 0 Å². The van der Waals surface area contributed by atoms with Crippen LogP contribution in [0.4, 0.5) is 5.82 Å². The number of nitrogens with zero attached hydrogens (tertiary/aromatic N) is 5. The van der Waals surface area contributed by atoms with Crippen molar-refractivity contribution >= 4 is 42.1 Å². The molecule has 166 valence electrons. The first kappa shape index (κ1) is 22.7. The molecule has 0 saturated heterocycles. The number of esters is 1. The average Bonchev–Trinajstić information content (AvgIpc) is 3.17. The minimum absolute atomic E-state index is 0.0110. The number of hydrogen-bond donors (Lipinski definition) is 5. The Hall–Kier alpha value is -1.93. The zero-order valence-corrected chi connectivity index (χ0v) is 17.2. The van der Waals surface area contributed by atoms with Crippen molar-refractivity contribution in [3.05, 3.63) is 5.28 Å². The van der Waals surface area contributed by atoms with Crippen LogP contribution >= 0.6 is 19.2 Å². The first-order chi connectivity index (χ1) is 14.0. The van der Waals surface area contributed by atoms with Crippen LogP contribution in [0, 0.1) is 5.92 Å². The molecule has 0 radical (unpaired) electrons. The molecule has 3 rings (SSSR count). The maximum Gasteiger partial charge on any atom is 0.365 e. The molecule has 2 aromatic rings. The average molecular weight is 467 g/mol. The SMILES string of the molecule is CCOC(=O)C(OCC1CC(n2nnc3c(N)nc(Cl)nc32)C(O)C1O)P(=O)(O)O. The smallest absolute Gasteiger partial charge is 0.365 e. The van der Waals surface area contributed by atoms with E-state index in [4.69, 9.17) is 22.1 Å². The van der Waals surface area contributed by atoms with Gasteiger partial charge in [-0.1, -0.05) is 5.21 Å². The molecular weight excluding hydrogens is 447 g/mol. The van der Waals surface area contributed by atoms with Crippen LogP contribution in [0.2, 0.25) is 5.28 Å². The summed E-state index contributed by atoms with van der Waals surface area (Å²) >= 11 is 5.82. The van der Waals surface area contributed by atoms with Gasteiger partial charge in [-0.2, -0.15) is 9.97 Å². The third-order valence-electron chi connectivity index (χ3n) is 4.67. The number of aromatic nitrogens is 5. The van der Waals surface area contributed by atoms with Gasteiger partial charge in [-0.05, 0) is 24.9 Å². The number of nitrogen functional groups attached to an aromatic ring is 1. The molecule has 2 aromatic heterocycles. The molecule has 0 aromatic carbocycles. The van der Waals surface area contributed by atoms with Crippen LogP contribution in [0.1, 0.15) is 19.4 Å². The Morgan fingerprint density at radius 3 is 2.70 bits per heavy atom. The van der Waals surface area contributed by atoms with Gasteiger partial charge in [0.1, 0.15) is 6.10 Å². The summed E-state index contributed by atoms with van der Waals surface area (Å²) in [5.74, 6) is -4.16. The third-order valence-corrected chi connectivity index (χ3v) is 5.81. The summed E-state index contributed by atoms with van der Waals surface area (Å²) < 4.78 is 22.5. The van der Waals surface area contributed by atoms with E-state index in [9.17, 15) is 29.4 Å². The first-order valence-electron chi connectivity index (χ1n) is 8.78. The minimum Gasteiger partial charge on any atom is -0.464 e. The number of ether oxygens (including phenoxy) is 2. The zero-order chi connectivity index (χ0) is 22.2. The van der Waals surface area contributed by atoms with Crippen molar-refractivity contribution in [1.82, 2.24) is 25.0 Å². The number of aliphatic hydroxyl groups is 2. The molecule has 0 spiro atoms. The Balaban J connectivity index is 1.79. The van der Waals surface area contributed by atoms with Crippen LogP contribution < -0.4 is 5.73 Å². The molecule has 1 aliphatic carbocycles.